The number of aliphatic hydroxyl groups excluding tert-OH is 1. The second kappa shape index (κ2) is 7.51. The SMILES string of the molecule is O=C(c1c[nH]c(C(=O)N2CCCC2)c1)N1CCCC(n2cc(CO)nn2)C1. The summed E-state index contributed by atoms with van der Waals surface area (Å²) >= 11 is 0. The molecule has 1 unspecified atom stereocenters. The van der Waals surface area contributed by atoms with Crippen LogP contribution in [-0.4, -0.2) is 72.9 Å². The van der Waals surface area contributed by atoms with Crippen LogP contribution in [0.25, 0.3) is 0 Å². The van der Waals surface area contributed by atoms with Crippen molar-refractivity contribution >= 4 is 11.8 Å². The molecule has 2 N–H and O–H groups in total. The number of aliphatic hydroxyl groups is 1. The first-order chi connectivity index (χ1) is 13.2. The van der Waals surface area contributed by atoms with Crippen molar-refractivity contribution in [3.63, 3.8) is 0 Å². The Balaban J connectivity index is 1.43. The van der Waals surface area contributed by atoms with E-state index in [9.17, 15) is 9.59 Å². The minimum atomic E-state index is -0.146. The Kier molecular flexibility index (Phi) is 4.93. The molecule has 4 heterocycles. The Morgan fingerprint density at radius 3 is 2.67 bits per heavy atom. The fourth-order valence-corrected chi connectivity index (χ4v) is 3.83. The lowest BCUT2D eigenvalue weighted by molar-refractivity contribution is 0.0672. The van der Waals surface area contributed by atoms with Gasteiger partial charge in [-0.2, -0.15) is 0 Å². The van der Waals surface area contributed by atoms with Crippen molar-refractivity contribution in [2.45, 2.75) is 38.3 Å². The van der Waals surface area contributed by atoms with Crippen LogP contribution in [0.15, 0.2) is 18.5 Å². The summed E-state index contributed by atoms with van der Waals surface area (Å²) in [5.41, 5.74) is 1.50. The van der Waals surface area contributed by atoms with E-state index in [-0.39, 0.29) is 24.5 Å². The molecule has 1 atom stereocenters. The first-order valence-corrected chi connectivity index (χ1v) is 9.44. The molecule has 0 spiro atoms. The van der Waals surface area contributed by atoms with Gasteiger partial charge in [0, 0.05) is 32.4 Å². The maximum absolute atomic E-state index is 12.9. The number of aromatic nitrogens is 4. The summed E-state index contributed by atoms with van der Waals surface area (Å²) in [6.07, 6.45) is 7.19. The van der Waals surface area contributed by atoms with E-state index >= 15 is 0 Å². The topological polar surface area (TPSA) is 107 Å². The van der Waals surface area contributed by atoms with Crippen LogP contribution in [0.4, 0.5) is 0 Å². The number of carbonyl (C=O) groups is 2. The van der Waals surface area contributed by atoms with Crippen LogP contribution in [0.3, 0.4) is 0 Å². The summed E-state index contributed by atoms with van der Waals surface area (Å²) in [5.74, 6) is -0.124. The molecule has 27 heavy (non-hydrogen) atoms. The second-order valence-electron chi connectivity index (χ2n) is 7.20. The van der Waals surface area contributed by atoms with Gasteiger partial charge in [-0.1, -0.05) is 5.21 Å². The highest BCUT2D eigenvalue weighted by Crippen LogP contribution is 2.23. The molecule has 9 heteroatoms. The molecule has 2 aromatic rings. The molecule has 2 aliphatic heterocycles. The highest BCUT2D eigenvalue weighted by atomic mass is 16.3. The Hall–Kier alpha value is -2.68. The van der Waals surface area contributed by atoms with Gasteiger partial charge in [-0.15, -0.1) is 5.10 Å². The molecule has 0 saturated carbocycles. The van der Waals surface area contributed by atoms with Gasteiger partial charge in [0.25, 0.3) is 11.8 Å². The molecule has 4 rings (SSSR count). The van der Waals surface area contributed by atoms with Gasteiger partial charge in [-0.05, 0) is 31.7 Å². The van der Waals surface area contributed by atoms with E-state index in [1.165, 1.54) is 0 Å². The Bertz CT molecular complexity index is 823. The lowest BCUT2D eigenvalue weighted by Gasteiger charge is -2.32. The number of rotatable bonds is 4. The fourth-order valence-electron chi connectivity index (χ4n) is 3.83. The molecule has 9 nitrogen and oxygen atoms in total. The van der Waals surface area contributed by atoms with Crippen molar-refractivity contribution in [3.05, 3.63) is 35.4 Å². The van der Waals surface area contributed by atoms with Gasteiger partial charge in [0.05, 0.1) is 24.4 Å². The number of aromatic amines is 1. The molecule has 2 aromatic heterocycles. The van der Waals surface area contributed by atoms with Crippen LogP contribution >= 0.6 is 0 Å². The highest BCUT2D eigenvalue weighted by Gasteiger charge is 2.28. The summed E-state index contributed by atoms with van der Waals surface area (Å²) < 4.78 is 1.73. The molecular formula is C18H24N6O3. The predicted molar refractivity (Wildman–Crippen MR) is 96.0 cm³/mol. The first kappa shape index (κ1) is 17.7. The highest BCUT2D eigenvalue weighted by molar-refractivity contribution is 5.99. The van der Waals surface area contributed by atoms with Crippen molar-refractivity contribution in [1.82, 2.24) is 29.8 Å². The Labute approximate surface area is 156 Å². The van der Waals surface area contributed by atoms with E-state index in [2.05, 4.69) is 15.3 Å². The molecule has 2 fully saturated rings. The zero-order valence-corrected chi connectivity index (χ0v) is 15.2. The molecule has 2 amide bonds. The maximum Gasteiger partial charge on any atom is 0.270 e. The number of amides is 2. The monoisotopic (exact) mass is 372 g/mol. The maximum atomic E-state index is 12.9. The average Bonchev–Trinajstić information content (AvgIpc) is 3.48. The standard InChI is InChI=1S/C18H24N6O3/c25-12-14-10-24(21-20-14)15-4-3-7-23(11-15)17(26)13-8-16(19-9-13)18(27)22-5-1-2-6-22/h8-10,15,19,25H,1-7,11-12H2. The van der Waals surface area contributed by atoms with Crippen LogP contribution in [0.1, 0.15) is 58.3 Å². The van der Waals surface area contributed by atoms with E-state index in [1.54, 1.807) is 28.0 Å². The van der Waals surface area contributed by atoms with Crippen molar-refractivity contribution in [2.75, 3.05) is 26.2 Å². The van der Waals surface area contributed by atoms with E-state index in [0.717, 1.165) is 38.8 Å². The third-order valence-corrected chi connectivity index (χ3v) is 5.33. The molecule has 2 saturated heterocycles. The van der Waals surface area contributed by atoms with Crippen LogP contribution in [-0.2, 0) is 6.61 Å². The molecule has 0 aromatic carbocycles. The van der Waals surface area contributed by atoms with E-state index in [0.29, 0.717) is 30.0 Å². The van der Waals surface area contributed by atoms with Crippen LogP contribution < -0.4 is 0 Å². The third-order valence-electron chi connectivity index (χ3n) is 5.33. The van der Waals surface area contributed by atoms with Gasteiger partial charge in [0.2, 0.25) is 0 Å². The summed E-state index contributed by atoms with van der Waals surface area (Å²) in [6, 6.07) is 1.70. The molecule has 0 aliphatic carbocycles. The van der Waals surface area contributed by atoms with Crippen molar-refractivity contribution in [2.24, 2.45) is 0 Å². The number of H-pyrrole nitrogens is 1. The van der Waals surface area contributed by atoms with Crippen LogP contribution in [0, 0.1) is 0 Å². The predicted octanol–water partition coefficient (Wildman–Crippen LogP) is 0.812. The van der Waals surface area contributed by atoms with E-state index in [4.69, 9.17) is 5.11 Å². The average molecular weight is 372 g/mol. The number of nitrogens with one attached hydrogen (secondary N) is 1. The number of likely N-dealkylation sites (tertiary alicyclic amines) is 2. The molecule has 2 aliphatic rings. The van der Waals surface area contributed by atoms with Crippen molar-refractivity contribution < 1.29 is 14.7 Å². The zero-order valence-electron chi connectivity index (χ0n) is 15.2. The number of piperidine rings is 1. The van der Waals surface area contributed by atoms with Gasteiger partial charge < -0.3 is 19.9 Å². The third kappa shape index (κ3) is 3.59. The Morgan fingerprint density at radius 1 is 1.15 bits per heavy atom. The van der Waals surface area contributed by atoms with Crippen LogP contribution in [0.5, 0.6) is 0 Å². The van der Waals surface area contributed by atoms with Crippen LogP contribution in [0.2, 0.25) is 0 Å². The molecular weight excluding hydrogens is 348 g/mol. The second-order valence-corrected chi connectivity index (χ2v) is 7.20. The number of hydrogen-bond donors (Lipinski definition) is 2. The molecule has 0 radical (unpaired) electrons. The Morgan fingerprint density at radius 2 is 1.93 bits per heavy atom. The zero-order chi connectivity index (χ0) is 18.8. The number of hydrogen-bond acceptors (Lipinski definition) is 5. The van der Waals surface area contributed by atoms with Gasteiger partial charge in [-0.3, -0.25) is 9.59 Å². The van der Waals surface area contributed by atoms with Crippen molar-refractivity contribution in [3.8, 4) is 0 Å². The lowest BCUT2D eigenvalue weighted by atomic mass is 10.1. The van der Waals surface area contributed by atoms with Gasteiger partial charge in [0.1, 0.15) is 11.4 Å². The summed E-state index contributed by atoms with van der Waals surface area (Å²) in [5, 5.41) is 17.1. The minimum Gasteiger partial charge on any atom is -0.390 e. The summed E-state index contributed by atoms with van der Waals surface area (Å²) in [4.78, 5) is 31.9. The lowest BCUT2D eigenvalue weighted by Crippen LogP contribution is -2.40. The number of nitrogens with zero attached hydrogens (tertiary/aromatic N) is 5. The largest absolute Gasteiger partial charge is 0.390 e. The molecule has 144 valence electrons. The minimum absolute atomic E-state index is 0.0396. The van der Waals surface area contributed by atoms with E-state index in [1.807, 2.05) is 4.90 Å². The smallest absolute Gasteiger partial charge is 0.270 e. The van der Waals surface area contributed by atoms with Gasteiger partial charge in [-0.25, -0.2) is 4.68 Å². The first-order valence-electron chi connectivity index (χ1n) is 9.44. The van der Waals surface area contributed by atoms with Crippen molar-refractivity contribution in [1.29, 1.82) is 0 Å². The van der Waals surface area contributed by atoms with Gasteiger partial charge in [0.15, 0.2) is 0 Å². The van der Waals surface area contributed by atoms with E-state index < -0.39 is 0 Å². The number of carbonyl (C=O) groups excluding carboxylic acids is 2. The summed E-state index contributed by atoms with van der Waals surface area (Å²) in [7, 11) is 0. The van der Waals surface area contributed by atoms with Gasteiger partial charge >= 0.3 is 0 Å². The normalized spacial score (nSPS) is 20.3. The summed E-state index contributed by atoms with van der Waals surface area (Å²) in [6.45, 7) is 2.63. The molecule has 0 bridgehead atoms. The quantitative estimate of drug-likeness (QED) is 0.826. The fraction of sp³-hybridized carbons (Fsp3) is 0.556.